The van der Waals surface area contributed by atoms with Crippen molar-refractivity contribution < 1.29 is 18.7 Å². The highest BCUT2D eigenvalue weighted by Gasteiger charge is 2.26. The zero-order valence-corrected chi connectivity index (χ0v) is 14.7. The molecule has 7 heteroatoms. The minimum absolute atomic E-state index is 0.124. The van der Waals surface area contributed by atoms with Crippen LogP contribution < -0.4 is 5.32 Å². The second-order valence-electron chi connectivity index (χ2n) is 5.68. The molecular formula is C19H20FN3O3. The lowest BCUT2D eigenvalue weighted by Gasteiger charge is -2.26. The minimum Gasteiger partial charge on any atom is -0.451 e. The van der Waals surface area contributed by atoms with Crippen molar-refractivity contribution in [2.24, 2.45) is 0 Å². The molecule has 1 aromatic heterocycles. The maximum atomic E-state index is 13.0. The summed E-state index contributed by atoms with van der Waals surface area (Å²) >= 11 is 0. The van der Waals surface area contributed by atoms with Gasteiger partial charge < -0.3 is 10.1 Å². The van der Waals surface area contributed by atoms with Crippen molar-refractivity contribution in [2.75, 3.05) is 6.61 Å². The van der Waals surface area contributed by atoms with Gasteiger partial charge in [0.25, 0.3) is 5.91 Å². The van der Waals surface area contributed by atoms with E-state index in [0.29, 0.717) is 18.5 Å². The minimum atomic E-state index is -0.751. The molecule has 0 aliphatic carbocycles. The predicted molar refractivity (Wildman–Crippen MR) is 94.1 cm³/mol. The molecule has 1 aromatic carbocycles. The fraction of sp³-hybridized carbons (Fsp3) is 0.316. The van der Waals surface area contributed by atoms with Gasteiger partial charge in [-0.3, -0.25) is 9.36 Å². The smallest absolute Gasteiger partial charge is 0.357 e. The average molecular weight is 357 g/mol. The van der Waals surface area contributed by atoms with E-state index in [2.05, 4.69) is 16.2 Å². The molecule has 0 spiro atoms. The van der Waals surface area contributed by atoms with E-state index in [1.165, 1.54) is 41.4 Å². The molecule has 0 radical (unpaired) electrons. The normalized spacial score (nSPS) is 10.8. The standard InChI is InChI=1S/C19H20FN3O3/c1-4-19(5-2,6-3)22-17(24)12-26-18(25)16-11-21-13-23(16)15-9-7-14(20)8-10-15/h1,7-11,13H,5-6,12H2,2-3H3,(H,22,24). The zero-order chi connectivity index (χ0) is 19.2. The molecular weight excluding hydrogens is 337 g/mol. The number of carbonyl (C=O) groups excluding carboxylic acids is 2. The summed E-state index contributed by atoms with van der Waals surface area (Å²) in [7, 11) is 0. The molecule has 1 amide bonds. The van der Waals surface area contributed by atoms with Crippen molar-refractivity contribution in [1.82, 2.24) is 14.9 Å². The van der Waals surface area contributed by atoms with E-state index in [0.717, 1.165) is 0 Å². The number of halogens is 1. The Bertz CT molecular complexity index is 817. The summed E-state index contributed by atoms with van der Waals surface area (Å²) in [6, 6.07) is 5.55. The fourth-order valence-electron chi connectivity index (χ4n) is 2.43. The number of nitrogens with one attached hydrogen (secondary N) is 1. The number of nitrogens with zero attached hydrogens (tertiary/aromatic N) is 2. The molecule has 26 heavy (non-hydrogen) atoms. The Morgan fingerprint density at radius 1 is 1.31 bits per heavy atom. The van der Waals surface area contributed by atoms with E-state index in [9.17, 15) is 14.0 Å². The molecule has 0 saturated carbocycles. The fourth-order valence-corrected chi connectivity index (χ4v) is 2.43. The first-order chi connectivity index (χ1) is 12.4. The van der Waals surface area contributed by atoms with Gasteiger partial charge in [0, 0.05) is 5.69 Å². The van der Waals surface area contributed by atoms with Crippen LogP contribution in [-0.4, -0.2) is 33.6 Å². The Hall–Kier alpha value is -3.14. The van der Waals surface area contributed by atoms with Gasteiger partial charge in [-0.25, -0.2) is 14.2 Å². The van der Waals surface area contributed by atoms with Gasteiger partial charge in [-0.2, -0.15) is 0 Å². The van der Waals surface area contributed by atoms with Gasteiger partial charge in [-0.05, 0) is 37.1 Å². The van der Waals surface area contributed by atoms with Crippen LogP contribution in [0.5, 0.6) is 0 Å². The van der Waals surface area contributed by atoms with Gasteiger partial charge in [0.1, 0.15) is 11.4 Å². The van der Waals surface area contributed by atoms with Crippen molar-refractivity contribution in [3.8, 4) is 18.0 Å². The van der Waals surface area contributed by atoms with E-state index in [1.54, 1.807) is 0 Å². The predicted octanol–water partition coefficient (Wildman–Crippen LogP) is 2.48. The molecule has 2 rings (SSSR count). The molecule has 0 aliphatic heterocycles. The van der Waals surface area contributed by atoms with E-state index < -0.39 is 29.8 Å². The van der Waals surface area contributed by atoms with Gasteiger partial charge in [-0.15, -0.1) is 6.42 Å². The highest BCUT2D eigenvalue weighted by atomic mass is 19.1. The van der Waals surface area contributed by atoms with Gasteiger partial charge in [-0.1, -0.05) is 19.8 Å². The first-order valence-corrected chi connectivity index (χ1v) is 8.19. The summed E-state index contributed by atoms with van der Waals surface area (Å²) in [6.45, 7) is 3.28. The number of carbonyl (C=O) groups is 2. The van der Waals surface area contributed by atoms with Crippen molar-refractivity contribution in [3.05, 3.63) is 48.3 Å². The summed E-state index contributed by atoms with van der Waals surface area (Å²) in [5.41, 5.74) is -0.0819. The average Bonchev–Trinajstić information content (AvgIpc) is 3.15. The lowest BCUT2D eigenvalue weighted by molar-refractivity contribution is -0.125. The van der Waals surface area contributed by atoms with Crippen LogP contribution in [0.25, 0.3) is 5.69 Å². The Balaban J connectivity index is 2.03. The Morgan fingerprint density at radius 2 is 1.96 bits per heavy atom. The molecule has 1 heterocycles. The maximum Gasteiger partial charge on any atom is 0.357 e. The molecule has 136 valence electrons. The second kappa shape index (κ2) is 8.30. The molecule has 1 N–H and O–H groups in total. The van der Waals surface area contributed by atoms with Crippen molar-refractivity contribution in [3.63, 3.8) is 0 Å². The van der Waals surface area contributed by atoms with Crippen LogP contribution >= 0.6 is 0 Å². The largest absolute Gasteiger partial charge is 0.451 e. The highest BCUT2D eigenvalue weighted by molar-refractivity contribution is 5.90. The van der Waals surface area contributed by atoms with Gasteiger partial charge in [0.2, 0.25) is 0 Å². The van der Waals surface area contributed by atoms with Gasteiger partial charge >= 0.3 is 5.97 Å². The number of benzene rings is 1. The quantitative estimate of drug-likeness (QED) is 0.610. The molecule has 2 aromatic rings. The molecule has 0 aliphatic rings. The molecule has 0 fully saturated rings. The van der Waals surface area contributed by atoms with Crippen LogP contribution in [0.4, 0.5) is 4.39 Å². The number of hydrogen-bond donors (Lipinski definition) is 1. The van der Waals surface area contributed by atoms with Crippen molar-refractivity contribution in [1.29, 1.82) is 0 Å². The summed E-state index contributed by atoms with van der Waals surface area (Å²) in [5.74, 6) is 0.989. The molecule has 0 atom stereocenters. The van der Waals surface area contributed by atoms with Crippen LogP contribution in [0, 0.1) is 18.2 Å². The third-order valence-electron chi connectivity index (χ3n) is 4.15. The highest BCUT2D eigenvalue weighted by Crippen LogP contribution is 2.14. The number of rotatable bonds is 7. The van der Waals surface area contributed by atoms with Crippen LogP contribution in [0.1, 0.15) is 37.2 Å². The molecule has 6 nitrogen and oxygen atoms in total. The van der Waals surface area contributed by atoms with Crippen molar-refractivity contribution in [2.45, 2.75) is 32.2 Å². The lowest BCUT2D eigenvalue weighted by Crippen LogP contribution is -2.48. The Morgan fingerprint density at radius 3 is 2.54 bits per heavy atom. The van der Waals surface area contributed by atoms with E-state index in [1.807, 2.05) is 13.8 Å². The van der Waals surface area contributed by atoms with E-state index in [4.69, 9.17) is 11.2 Å². The number of ether oxygens (including phenoxy) is 1. The summed E-state index contributed by atoms with van der Waals surface area (Å²) in [6.07, 6.45) is 9.34. The number of terminal acetylenes is 1. The lowest BCUT2D eigenvalue weighted by atomic mass is 9.94. The van der Waals surface area contributed by atoms with Crippen LogP contribution in [0.15, 0.2) is 36.8 Å². The third kappa shape index (κ3) is 4.28. The SMILES string of the molecule is C#CC(CC)(CC)NC(=O)COC(=O)c1cncn1-c1ccc(F)cc1. The Kier molecular flexibility index (Phi) is 6.12. The van der Waals surface area contributed by atoms with Crippen molar-refractivity contribution >= 4 is 11.9 Å². The molecule has 0 unspecified atom stereocenters. The number of imidazole rings is 1. The Labute approximate surface area is 151 Å². The van der Waals surface area contributed by atoms with Gasteiger partial charge in [0.05, 0.1) is 12.5 Å². The molecule has 0 saturated heterocycles. The van der Waals surface area contributed by atoms with Gasteiger partial charge in [0.15, 0.2) is 12.3 Å². The third-order valence-corrected chi connectivity index (χ3v) is 4.15. The number of esters is 1. The summed E-state index contributed by atoms with van der Waals surface area (Å²) in [5, 5.41) is 2.72. The second-order valence-corrected chi connectivity index (χ2v) is 5.68. The monoisotopic (exact) mass is 357 g/mol. The molecule has 0 bridgehead atoms. The first-order valence-electron chi connectivity index (χ1n) is 8.19. The maximum absolute atomic E-state index is 13.0. The number of hydrogen-bond acceptors (Lipinski definition) is 4. The summed E-state index contributed by atoms with van der Waals surface area (Å²) < 4.78 is 19.6. The van der Waals surface area contributed by atoms with Crippen LogP contribution in [0.3, 0.4) is 0 Å². The van der Waals surface area contributed by atoms with Crippen LogP contribution in [-0.2, 0) is 9.53 Å². The zero-order valence-electron chi connectivity index (χ0n) is 14.7. The van der Waals surface area contributed by atoms with E-state index in [-0.39, 0.29) is 5.69 Å². The number of amides is 1. The van der Waals surface area contributed by atoms with Crippen LogP contribution in [0.2, 0.25) is 0 Å². The van der Waals surface area contributed by atoms with E-state index >= 15 is 0 Å². The number of aromatic nitrogens is 2. The topological polar surface area (TPSA) is 73.2 Å². The first kappa shape index (κ1) is 19.2. The summed E-state index contributed by atoms with van der Waals surface area (Å²) in [4.78, 5) is 28.2.